The molecular formula is C72H131N2O7PS2. The second kappa shape index (κ2) is 52.2. The summed E-state index contributed by atoms with van der Waals surface area (Å²) in [5.41, 5.74) is 5.42. The quantitative estimate of drug-likeness (QED) is 0.0383. The lowest BCUT2D eigenvalue weighted by molar-refractivity contribution is -0.145. The van der Waals surface area contributed by atoms with Gasteiger partial charge in [-0.3, -0.25) is 18.6 Å². The summed E-state index contributed by atoms with van der Waals surface area (Å²) in [6, 6.07) is 8.70. The van der Waals surface area contributed by atoms with E-state index >= 15 is 0 Å². The summed E-state index contributed by atoms with van der Waals surface area (Å²) in [5, 5.41) is 4.54. The summed E-state index contributed by atoms with van der Waals surface area (Å²) >= 11 is 4.22. The van der Waals surface area contributed by atoms with Crippen LogP contribution in [0.4, 0.5) is 0 Å². The van der Waals surface area contributed by atoms with Crippen LogP contribution in [0.25, 0.3) is 0 Å². The molecule has 1 aromatic carbocycles. The molecule has 0 heterocycles. The van der Waals surface area contributed by atoms with Crippen LogP contribution in [-0.2, 0) is 32.7 Å². The van der Waals surface area contributed by atoms with Gasteiger partial charge in [0.2, 0.25) is 0 Å². The van der Waals surface area contributed by atoms with Crippen molar-refractivity contribution in [3.05, 3.63) is 58.7 Å². The van der Waals surface area contributed by atoms with Gasteiger partial charge in [-0.25, -0.2) is 9.65 Å². The largest absolute Gasteiger partial charge is 0.466 e. The first kappa shape index (κ1) is 78.5. The predicted molar refractivity (Wildman–Crippen MR) is 367 cm³/mol. The van der Waals surface area contributed by atoms with Crippen LogP contribution in [0.5, 0.6) is 0 Å². The number of hydrogen-bond acceptors (Lipinski definition) is 10. The van der Waals surface area contributed by atoms with Crippen LogP contribution < -0.4 is 5.09 Å². The maximum absolute atomic E-state index is 13.8. The molecule has 0 bridgehead atoms. The van der Waals surface area contributed by atoms with Crippen LogP contribution in [-0.4, -0.2) is 92.5 Å². The van der Waals surface area contributed by atoms with E-state index in [1.165, 1.54) is 189 Å². The Bertz CT molecular complexity index is 1860. The standard InChI is InChI=1S/C72H131N2O7PS2/c1-11-13-15-17-25-31-39-69(83-57-37-53-78-71(75)59-63(7)67-47-43-65(44-48-67)61(3)4)41-33-27-21-19-23-29-35-55-80-82(77,73-51-52-74(9)10)81-56-36-30-24-20-22-28-34-42-70(40-32-26-18-16-14-12-2)84-58-38-54-79-72(76)60-64(8)68-49-45-66(46-50-68)62(5)6/h43-45,47-49,61-64,69-70H,11-42,46,50-60H2,1-10H3,(H,73,77). The number of allylic oxidation sites excluding steroid dienone is 4. The summed E-state index contributed by atoms with van der Waals surface area (Å²) in [7, 11) is 0.687. The monoisotopic (exact) mass is 1230 g/mol. The van der Waals surface area contributed by atoms with Crippen LogP contribution in [0.2, 0.25) is 0 Å². The van der Waals surface area contributed by atoms with Gasteiger partial charge in [0.1, 0.15) is 0 Å². The number of ether oxygens (including phenoxy) is 2. The third-order valence-electron chi connectivity index (χ3n) is 17.0. The number of carbonyl (C=O) groups excluding carboxylic acids is 2. The number of nitrogens with zero attached hydrogens (tertiary/aromatic N) is 1. The molecule has 0 fully saturated rings. The zero-order valence-electron chi connectivity index (χ0n) is 56.1. The van der Waals surface area contributed by atoms with Gasteiger partial charge in [-0.05, 0) is 125 Å². The fourth-order valence-electron chi connectivity index (χ4n) is 11.2. The lowest BCUT2D eigenvalue weighted by atomic mass is 9.85. The van der Waals surface area contributed by atoms with E-state index in [4.69, 9.17) is 18.5 Å². The molecule has 0 aromatic heterocycles. The Morgan fingerprint density at radius 3 is 1.26 bits per heavy atom. The summed E-state index contributed by atoms with van der Waals surface area (Å²) in [6.07, 6.45) is 47.1. The maximum atomic E-state index is 13.8. The first-order valence-corrected chi connectivity index (χ1v) is 38.6. The van der Waals surface area contributed by atoms with Gasteiger partial charge >= 0.3 is 19.7 Å². The minimum atomic E-state index is -3.36. The van der Waals surface area contributed by atoms with Gasteiger partial charge in [0.15, 0.2) is 0 Å². The number of rotatable bonds is 58. The van der Waals surface area contributed by atoms with Crippen molar-refractivity contribution < 1.29 is 32.7 Å². The van der Waals surface area contributed by atoms with Crippen molar-refractivity contribution in [2.75, 3.05) is 65.1 Å². The van der Waals surface area contributed by atoms with Gasteiger partial charge < -0.3 is 14.4 Å². The van der Waals surface area contributed by atoms with E-state index in [1.54, 1.807) is 0 Å². The lowest BCUT2D eigenvalue weighted by Gasteiger charge is -2.21. The zero-order valence-corrected chi connectivity index (χ0v) is 58.6. The van der Waals surface area contributed by atoms with Crippen LogP contribution in [0, 0.1) is 11.8 Å². The molecule has 2 rings (SSSR count). The fraction of sp³-hybridized carbons (Fsp3) is 0.833. The average Bonchev–Trinajstić information content (AvgIpc) is 3.68. The second-order valence-electron chi connectivity index (χ2n) is 25.8. The normalized spacial score (nSPS) is 15.1. The molecule has 0 radical (unpaired) electrons. The second-order valence-corrected chi connectivity index (χ2v) is 30.5. The number of likely N-dealkylation sites (N-methyl/N-ethyl adjacent to an activating group) is 1. The molecule has 1 aliphatic carbocycles. The highest BCUT2D eigenvalue weighted by Crippen LogP contribution is 2.44. The Hall–Kier alpha value is -1.59. The minimum absolute atomic E-state index is 0.0517. The Morgan fingerprint density at radius 2 is 0.869 bits per heavy atom. The van der Waals surface area contributed by atoms with E-state index in [0.717, 1.165) is 69.4 Å². The highest BCUT2D eigenvalue weighted by molar-refractivity contribution is 8.00. The van der Waals surface area contributed by atoms with Gasteiger partial charge in [0, 0.05) is 23.6 Å². The number of nitrogens with one attached hydrogen (secondary N) is 1. The average molecular weight is 1230 g/mol. The van der Waals surface area contributed by atoms with Crippen molar-refractivity contribution in [2.24, 2.45) is 11.8 Å². The molecule has 5 unspecified atom stereocenters. The zero-order chi connectivity index (χ0) is 61.3. The topological polar surface area (TPSA) is 103 Å². The van der Waals surface area contributed by atoms with Gasteiger partial charge in [-0.2, -0.15) is 23.5 Å². The van der Waals surface area contributed by atoms with E-state index in [-0.39, 0.29) is 23.8 Å². The number of benzene rings is 1. The number of esters is 2. The minimum Gasteiger partial charge on any atom is -0.466 e. The molecule has 1 N–H and O–H groups in total. The number of unbranched alkanes of at least 4 members (excludes halogenated alkanes) is 22. The van der Waals surface area contributed by atoms with E-state index in [0.29, 0.717) is 68.1 Å². The summed E-state index contributed by atoms with van der Waals surface area (Å²) in [6.45, 7) is 21.1. The van der Waals surface area contributed by atoms with Gasteiger partial charge in [-0.15, -0.1) is 0 Å². The lowest BCUT2D eigenvalue weighted by Crippen LogP contribution is -2.26. The number of thioether (sulfide) groups is 2. The highest BCUT2D eigenvalue weighted by atomic mass is 32.2. The third-order valence-corrected chi connectivity index (χ3v) is 21.6. The smallest absolute Gasteiger partial charge is 0.405 e. The first-order chi connectivity index (χ1) is 40.7. The molecule has 9 nitrogen and oxygen atoms in total. The Kier molecular flexibility index (Phi) is 48.8. The van der Waals surface area contributed by atoms with Crippen molar-refractivity contribution in [1.82, 2.24) is 9.99 Å². The third kappa shape index (κ3) is 42.4. The van der Waals surface area contributed by atoms with Crippen molar-refractivity contribution >= 4 is 43.2 Å². The fourth-order valence-corrected chi connectivity index (χ4v) is 15.1. The molecule has 0 aliphatic heterocycles. The first-order valence-electron chi connectivity index (χ1n) is 35.0. The molecule has 0 saturated carbocycles. The van der Waals surface area contributed by atoms with Crippen LogP contribution in [0.15, 0.2) is 47.6 Å². The summed E-state index contributed by atoms with van der Waals surface area (Å²) in [4.78, 5) is 27.5. The summed E-state index contributed by atoms with van der Waals surface area (Å²) in [5.74, 6) is 3.48. The Morgan fingerprint density at radius 1 is 0.488 bits per heavy atom. The van der Waals surface area contributed by atoms with Gasteiger partial charge in [-0.1, -0.05) is 257 Å². The number of carbonyl (C=O) groups is 2. The molecule has 5 atom stereocenters. The van der Waals surface area contributed by atoms with Crippen molar-refractivity contribution in [3.8, 4) is 0 Å². The molecule has 0 spiro atoms. The SMILES string of the molecule is CCCCCCCCC(CCCCCCCCCOP(=O)(NCCN(C)C)OCCCCCCCCCC(CCCCCCCC)SCCCOC(=O)CC(C)c1ccc(C(C)C)cc1)SCCCOC(=O)CC(C)C1=CC=C(C(C)C)CC1. The molecule has 12 heteroatoms. The molecule has 488 valence electrons. The predicted octanol–water partition coefficient (Wildman–Crippen LogP) is 21.7. The van der Waals surface area contributed by atoms with Gasteiger partial charge in [0.25, 0.3) is 0 Å². The van der Waals surface area contributed by atoms with Gasteiger partial charge in [0.05, 0.1) is 39.3 Å². The van der Waals surface area contributed by atoms with Crippen molar-refractivity contribution in [3.63, 3.8) is 0 Å². The van der Waals surface area contributed by atoms with Crippen LogP contribution in [0.1, 0.15) is 310 Å². The molecule has 0 amide bonds. The molecular weight excluding hydrogens is 1100 g/mol. The van der Waals surface area contributed by atoms with E-state index in [9.17, 15) is 14.2 Å². The maximum Gasteiger partial charge on any atom is 0.405 e. The van der Waals surface area contributed by atoms with Crippen molar-refractivity contribution in [1.29, 1.82) is 0 Å². The van der Waals surface area contributed by atoms with E-state index in [1.807, 2.05) is 14.1 Å². The van der Waals surface area contributed by atoms with Crippen LogP contribution >= 0.6 is 31.3 Å². The molecule has 84 heavy (non-hydrogen) atoms. The highest BCUT2D eigenvalue weighted by Gasteiger charge is 2.24. The molecule has 1 aliphatic rings. The van der Waals surface area contributed by atoms with Crippen LogP contribution in [0.3, 0.4) is 0 Å². The number of hydrogen-bond donors (Lipinski definition) is 1. The molecule has 0 saturated heterocycles. The van der Waals surface area contributed by atoms with E-state index in [2.05, 4.69) is 125 Å². The molecule has 1 aromatic rings. The Labute approximate surface area is 527 Å². The Balaban J connectivity index is 1.62. The van der Waals surface area contributed by atoms with Crippen molar-refractivity contribution in [2.45, 2.75) is 309 Å². The van der Waals surface area contributed by atoms with E-state index < -0.39 is 7.75 Å². The summed E-state index contributed by atoms with van der Waals surface area (Å²) < 4.78 is 37.3.